The van der Waals surface area contributed by atoms with Crippen LogP contribution in [0, 0.1) is 6.07 Å². The third-order valence-electron chi connectivity index (χ3n) is 6.84. The molecule has 4 aromatic carbocycles. The van der Waals surface area contributed by atoms with Crippen LogP contribution in [0.25, 0.3) is 50.5 Å². The summed E-state index contributed by atoms with van der Waals surface area (Å²) in [5.74, 6) is 0.888. The van der Waals surface area contributed by atoms with Crippen LogP contribution < -0.4 is 5.19 Å². The van der Waals surface area contributed by atoms with Crippen LogP contribution in [0.2, 0.25) is 19.6 Å². The molecule has 2 heterocycles. The first-order chi connectivity index (χ1) is 18.4. The molecule has 6 heteroatoms. The number of hydrogen-bond acceptors (Lipinski definition) is 3. The van der Waals surface area contributed by atoms with E-state index in [1.165, 1.54) is 5.19 Å². The van der Waals surface area contributed by atoms with Gasteiger partial charge in [-0.05, 0) is 35.5 Å². The largest absolute Gasteiger partial charge is 0.507 e. The van der Waals surface area contributed by atoms with Crippen molar-refractivity contribution >= 4 is 24.3 Å². The summed E-state index contributed by atoms with van der Waals surface area (Å²) in [6, 6.07) is 37.7. The minimum absolute atomic E-state index is 0. The van der Waals surface area contributed by atoms with E-state index in [0.717, 1.165) is 39.1 Å². The molecule has 0 saturated carbocycles. The van der Waals surface area contributed by atoms with Crippen LogP contribution in [0.5, 0.6) is 5.75 Å². The van der Waals surface area contributed by atoms with Gasteiger partial charge < -0.3 is 5.11 Å². The van der Waals surface area contributed by atoms with E-state index < -0.39 is 8.07 Å². The van der Waals surface area contributed by atoms with Crippen molar-refractivity contribution in [3.05, 3.63) is 115 Å². The summed E-state index contributed by atoms with van der Waals surface area (Å²) in [6.07, 6.45) is 2.02. The first-order valence-electron chi connectivity index (χ1n) is 12.7. The molecule has 0 unspecified atom stereocenters. The molecule has 0 saturated heterocycles. The normalized spacial score (nSPS) is 11.4. The summed E-state index contributed by atoms with van der Waals surface area (Å²) in [5.41, 5.74) is 7.27. The number of pyridine rings is 1. The Morgan fingerprint density at radius 2 is 1.41 bits per heavy atom. The van der Waals surface area contributed by atoms with Gasteiger partial charge in [0.25, 0.3) is 0 Å². The Bertz CT molecular complexity index is 1760. The van der Waals surface area contributed by atoms with Crippen LogP contribution in [0.4, 0.5) is 0 Å². The molecule has 0 aliphatic carbocycles. The van der Waals surface area contributed by atoms with Crippen LogP contribution in [0.15, 0.2) is 109 Å². The predicted octanol–water partition coefficient (Wildman–Crippen LogP) is 7.47. The van der Waals surface area contributed by atoms with Crippen molar-refractivity contribution in [2.24, 2.45) is 0 Å². The van der Waals surface area contributed by atoms with Gasteiger partial charge in [0, 0.05) is 38.6 Å². The molecule has 0 fully saturated rings. The Kier molecular flexibility index (Phi) is 7.39. The summed E-state index contributed by atoms with van der Waals surface area (Å²) in [6.45, 7) is 6.99. The molecule has 0 spiro atoms. The second-order valence-electron chi connectivity index (χ2n) is 10.5. The molecule has 0 amide bonds. The molecular weight excluding hydrogens is 678 g/mol. The minimum Gasteiger partial charge on any atom is -0.507 e. The second-order valence-corrected chi connectivity index (χ2v) is 15.5. The fraction of sp³-hybridized carbons (Fsp3) is 0.0909. The first kappa shape index (κ1) is 26.8. The third-order valence-corrected chi connectivity index (χ3v) is 8.86. The number of aromatic nitrogens is 3. The summed E-state index contributed by atoms with van der Waals surface area (Å²) < 4.78 is 2.11. The zero-order chi connectivity index (χ0) is 26.3. The van der Waals surface area contributed by atoms with Crippen molar-refractivity contribution in [2.75, 3.05) is 0 Å². The summed E-state index contributed by atoms with van der Waals surface area (Å²) in [5, 5.41) is 12.1. The van der Waals surface area contributed by atoms with Crippen LogP contribution >= 0.6 is 0 Å². The molecule has 0 aliphatic rings. The number of fused-ring (bicyclic) bond motifs is 1. The Morgan fingerprint density at radius 1 is 0.718 bits per heavy atom. The van der Waals surface area contributed by atoms with Gasteiger partial charge in [0.2, 0.25) is 0 Å². The van der Waals surface area contributed by atoms with Crippen molar-refractivity contribution in [1.82, 2.24) is 14.5 Å². The van der Waals surface area contributed by atoms with Gasteiger partial charge in [-0.25, -0.2) is 4.98 Å². The van der Waals surface area contributed by atoms with E-state index in [-0.39, 0.29) is 26.8 Å². The van der Waals surface area contributed by atoms with E-state index in [2.05, 4.69) is 84.9 Å². The van der Waals surface area contributed by atoms with Gasteiger partial charge >= 0.3 is 0 Å². The molecule has 0 aliphatic heterocycles. The Balaban J connectivity index is 0.00000308. The molecule has 2 aromatic heterocycles. The number of imidazole rings is 1. The average molecular weight is 706 g/mol. The zero-order valence-corrected chi connectivity index (χ0v) is 25.3. The van der Waals surface area contributed by atoms with Gasteiger partial charge in [0.1, 0.15) is 11.6 Å². The van der Waals surface area contributed by atoms with Gasteiger partial charge in [-0.15, -0.1) is 29.8 Å². The van der Waals surface area contributed by atoms with Crippen molar-refractivity contribution in [2.45, 2.75) is 19.6 Å². The fourth-order valence-electron chi connectivity index (χ4n) is 4.77. The van der Waals surface area contributed by atoms with Crippen LogP contribution in [-0.2, 0) is 21.1 Å². The van der Waals surface area contributed by atoms with Crippen molar-refractivity contribution in [3.8, 4) is 45.2 Å². The van der Waals surface area contributed by atoms with Crippen molar-refractivity contribution < 1.29 is 26.2 Å². The number of hydrogen-bond donors (Lipinski definition) is 1. The SMILES string of the molecule is C[Si](C)(C)c1ccc(-c2[c-]c(-c3cccc4c3nc(-c3ccccc3O)n4-c3ccccc3)ccc2)nc1.[Pt]. The van der Waals surface area contributed by atoms with E-state index in [1.807, 2.05) is 48.7 Å². The van der Waals surface area contributed by atoms with E-state index in [4.69, 9.17) is 9.97 Å². The predicted molar refractivity (Wildman–Crippen MR) is 159 cm³/mol. The van der Waals surface area contributed by atoms with Gasteiger partial charge in [-0.1, -0.05) is 85.4 Å². The first-order valence-corrected chi connectivity index (χ1v) is 16.2. The molecule has 0 atom stereocenters. The molecule has 1 N–H and O–H groups in total. The molecule has 6 rings (SSSR count). The van der Waals surface area contributed by atoms with Gasteiger partial charge in [-0.3, -0.25) is 9.55 Å². The van der Waals surface area contributed by atoms with Gasteiger partial charge in [0.05, 0.1) is 24.7 Å². The van der Waals surface area contributed by atoms with E-state index in [9.17, 15) is 5.11 Å². The van der Waals surface area contributed by atoms with Crippen LogP contribution in [-0.4, -0.2) is 27.7 Å². The quantitative estimate of drug-likeness (QED) is 0.150. The number of aromatic hydroxyl groups is 1. The number of benzene rings is 4. The molecule has 196 valence electrons. The molecule has 4 nitrogen and oxygen atoms in total. The molecule has 39 heavy (non-hydrogen) atoms. The number of rotatable bonds is 5. The third kappa shape index (κ3) is 5.12. The summed E-state index contributed by atoms with van der Waals surface area (Å²) in [4.78, 5) is 9.89. The summed E-state index contributed by atoms with van der Waals surface area (Å²) in [7, 11) is -1.42. The maximum Gasteiger partial charge on any atom is 0.148 e. The monoisotopic (exact) mass is 705 g/mol. The number of phenols is 1. The van der Waals surface area contributed by atoms with Crippen molar-refractivity contribution in [3.63, 3.8) is 0 Å². The average Bonchev–Trinajstić information content (AvgIpc) is 3.33. The standard InChI is InChI=1S/C33H28N3OSi.Pt/c1-38(2,3)26-19-20-29(34-22-26)24-12-9-11-23(21-24)27-16-10-17-30-32(27)35-33(28-15-7-8-18-31(28)37)36(30)25-13-5-4-6-14-25;/h4-20,22,37H,1-3H3;/q-1;. The zero-order valence-electron chi connectivity index (χ0n) is 22.0. The molecule has 6 aromatic rings. The van der Waals surface area contributed by atoms with Gasteiger partial charge in [-0.2, -0.15) is 0 Å². The van der Waals surface area contributed by atoms with Crippen LogP contribution in [0.1, 0.15) is 0 Å². The smallest absolute Gasteiger partial charge is 0.148 e. The Hall–Kier alpha value is -3.79. The topological polar surface area (TPSA) is 50.9 Å². The van der Waals surface area contributed by atoms with E-state index in [0.29, 0.717) is 11.4 Å². The second kappa shape index (κ2) is 10.8. The van der Waals surface area contributed by atoms with Gasteiger partial charge in [0.15, 0.2) is 0 Å². The molecule has 0 bridgehead atoms. The van der Waals surface area contributed by atoms with E-state index >= 15 is 0 Å². The fourth-order valence-corrected chi connectivity index (χ4v) is 5.81. The molecule has 0 radical (unpaired) electrons. The number of para-hydroxylation sites is 3. The minimum atomic E-state index is -1.42. The maximum absolute atomic E-state index is 10.7. The Morgan fingerprint density at radius 3 is 2.13 bits per heavy atom. The van der Waals surface area contributed by atoms with Crippen LogP contribution in [0.3, 0.4) is 0 Å². The number of nitrogens with zero attached hydrogens (tertiary/aromatic N) is 3. The van der Waals surface area contributed by atoms with E-state index in [1.54, 1.807) is 6.07 Å². The molecular formula is C33H28N3OPtSi-. The Labute approximate surface area is 244 Å². The number of phenolic OH excluding ortho intramolecular Hbond substituents is 1. The maximum atomic E-state index is 10.7. The summed E-state index contributed by atoms with van der Waals surface area (Å²) >= 11 is 0. The van der Waals surface area contributed by atoms with Crippen molar-refractivity contribution in [1.29, 1.82) is 0 Å².